The molecule has 0 radical (unpaired) electrons. The molecular formula is C30H33FN2O7. The molecule has 1 heterocycles. The van der Waals surface area contributed by atoms with E-state index >= 15 is 0 Å². The number of amides is 2. The molecule has 4 rings (SSSR count). The van der Waals surface area contributed by atoms with Crippen molar-refractivity contribution in [1.29, 1.82) is 0 Å². The van der Waals surface area contributed by atoms with Gasteiger partial charge in [0.05, 0.1) is 25.7 Å². The second kappa shape index (κ2) is 12.9. The minimum atomic E-state index is -1.26. The molecule has 0 saturated carbocycles. The second-order valence-corrected chi connectivity index (χ2v) is 9.62. The van der Waals surface area contributed by atoms with Crippen molar-refractivity contribution in [3.05, 3.63) is 82.7 Å². The highest BCUT2D eigenvalue weighted by Gasteiger charge is 2.51. The van der Waals surface area contributed by atoms with Gasteiger partial charge < -0.3 is 29.9 Å². The summed E-state index contributed by atoms with van der Waals surface area (Å²) in [6, 6.07) is 8.18. The van der Waals surface area contributed by atoms with E-state index in [1.165, 1.54) is 36.3 Å². The molecule has 0 aromatic heterocycles. The third-order valence-corrected chi connectivity index (χ3v) is 7.08. The molecule has 0 bridgehead atoms. The van der Waals surface area contributed by atoms with Gasteiger partial charge in [0.25, 0.3) is 0 Å². The summed E-state index contributed by atoms with van der Waals surface area (Å²) in [7, 11) is 1.42. The Hall–Kier alpha value is -4.02. The average molecular weight is 553 g/mol. The number of hydrogen-bond donors (Lipinski definition) is 3. The number of ether oxygens (including phenoxy) is 2. The van der Waals surface area contributed by atoms with Crippen LogP contribution in [-0.4, -0.2) is 78.3 Å². The van der Waals surface area contributed by atoms with Gasteiger partial charge in [-0.1, -0.05) is 25.1 Å². The summed E-state index contributed by atoms with van der Waals surface area (Å²) >= 11 is 0. The van der Waals surface area contributed by atoms with Crippen LogP contribution in [0.5, 0.6) is 11.5 Å². The number of carbonyl (C=O) groups excluding carboxylic acids is 3. The molecule has 1 aliphatic heterocycles. The van der Waals surface area contributed by atoms with E-state index in [0.717, 1.165) is 0 Å². The number of nitrogens with zero attached hydrogens (tertiary/aromatic N) is 1. The fourth-order valence-electron chi connectivity index (χ4n) is 5.22. The molecule has 0 spiro atoms. The lowest BCUT2D eigenvalue weighted by Gasteiger charge is -2.40. The van der Waals surface area contributed by atoms with Gasteiger partial charge in [-0.2, -0.15) is 0 Å². The Morgan fingerprint density at radius 1 is 1.25 bits per heavy atom. The number of rotatable bonds is 11. The monoisotopic (exact) mass is 552 g/mol. The molecule has 0 fully saturated rings. The number of halogens is 1. The summed E-state index contributed by atoms with van der Waals surface area (Å²) in [6.07, 6.45) is 3.98. The molecule has 2 aliphatic rings. The Kier molecular flexibility index (Phi) is 9.34. The lowest BCUT2D eigenvalue weighted by Crippen LogP contribution is -2.56. The van der Waals surface area contributed by atoms with Gasteiger partial charge in [0, 0.05) is 29.8 Å². The normalized spacial score (nSPS) is 21.2. The molecule has 2 aromatic carbocycles. The Morgan fingerprint density at radius 2 is 2.05 bits per heavy atom. The van der Waals surface area contributed by atoms with Gasteiger partial charge in [-0.05, 0) is 54.8 Å². The van der Waals surface area contributed by atoms with E-state index in [-0.39, 0.29) is 36.9 Å². The Labute approximate surface area is 231 Å². The van der Waals surface area contributed by atoms with Crippen LogP contribution >= 0.6 is 0 Å². The van der Waals surface area contributed by atoms with Crippen molar-refractivity contribution in [2.45, 2.75) is 43.9 Å². The minimum absolute atomic E-state index is 0.00630. The molecule has 2 aromatic rings. The standard InChI is InChI=1S/C30H33FN2O7/c1-3-4-8-25(36)33(11-9-18-6-5-7-20(31)13-18)23-16-22(30(38)32-10-12-34)26-21-14-19(17-35)15-24(39-2)28(21)40-29(26)27(23)37/h4-8,13-17,23,26-27,29,34,37H,3,9-12H2,1-2H3,(H,32,38). The molecule has 212 valence electrons. The van der Waals surface area contributed by atoms with Gasteiger partial charge in [-0.25, -0.2) is 4.39 Å². The summed E-state index contributed by atoms with van der Waals surface area (Å²) in [4.78, 5) is 39.8. The average Bonchev–Trinajstić information content (AvgIpc) is 3.35. The van der Waals surface area contributed by atoms with Gasteiger partial charge in [0.2, 0.25) is 11.8 Å². The lowest BCUT2D eigenvalue weighted by atomic mass is 9.77. The Morgan fingerprint density at radius 3 is 2.73 bits per heavy atom. The largest absolute Gasteiger partial charge is 0.493 e. The minimum Gasteiger partial charge on any atom is -0.493 e. The smallest absolute Gasteiger partial charge is 0.247 e. The van der Waals surface area contributed by atoms with Crippen molar-refractivity contribution in [2.75, 3.05) is 26.8 Å². The molecule has 4 atom stereocenters. The number of aliphatic hydroxyl groups excluding tert-OH is 2. The number of allylic oxidation sites excluding steroid dienone is 1. The van der Waals surface area contributed by atoms with E-state index < -0.39 is 35.9 Å². The van der Waals surface area contributed by atoms with E-state index in [0.29, 0.717) is 41.6 Å². The summed E-state index contributed by atoms with van der Waals surface area (Å²) in [5.74, 6) is -1.48. The summed E-state index contributed by atoms with van der Waals surface area (Å²) < 4.78 is 25.4. The molecule has 40 heavy (non-hydrogen) atoms. The number of methoxy groups -OCH3 is 1. The summed E-state index contributed by atoms with van der Waals surface area (Å²) in [5, 5.41) is 23.6. The van der Waals surface area contributed by atoms with Crippen LogP contribution in [-0.2, 0) is 16.0 Å². The van der Waals surface area contributed by atoms with Gasteiger partial charge in [0.1, 0.15) is 24.3 Å². The molecule has 9 nitrogen and oxygen atoms in total. The first-order chi connectivity index (χ1) is 19.3. The molecule has 0 saturated heterocycles. The van der Waals surface area contributed by atoms with Crippen LogP contribution in [0.15, 0.2) is 60.2 Å². The number of hydrogen-bond acceptors (Lipinski definition) is 7. The lowest BCUT2D eigenvalue weighted by molar-refractivity contribution is -0.132. The third-order valence-electron chi connectivity index (χ3n) is 7.08. The number of aldehydes is 1. The number of nitrogens with one attached hydrogen (secondary N) is 1. The number of fused-ring (bicyclic) bond motifs is 3. The number of benzene rings is 2. The van der Waals surface area contributed by atoms with E-state index in [1.54, 1.807) is 30.4 Å². The predicted octanol–water partition coefficient (Wildman–Crippen LogP) is 2.31. The highest BCUT2D eigenvalue weighted by atomic mass is 19.1. The number of carbonyl (C=O) groups is 3. The maximum atomic E-state index is 13.8. The molecule has 3 N–H and O–H groups in total. The fraction of sp³-hybridized carbons (Fsp3) is 0.367. The Balaban J connectivity index is 1.78. The van der Waals surface area contributed by atoms with E-state index in [4.69, 9.17) is 9.47 Å². The third kappa shape index (κ3) is 5.93. The van der Waals surface area contributed by atoms with Crippen molar-refractivity contribution in [1.82, 2.24) is 10.2 Å². The fourth-order valence-corrected chi connectivity index (χ4v) is 5.22. The number of aliphatic hydroxyl groups is 2. The van der Waals surface area contributed by atoms with Crippen molar-refractivity contribution in [2.24, 2.45) is 0 Å². The van der Waals surface area contributed by atoms with Gasteiger partial charge in [-0.15, -0.1) is 0 Å². The zero-order valence-corrected chi connectivity index (χ0v) is 22.4. The first-order valence-electron chi connectivity index (χ1n) is 13.2. The van der Waals surface area contributed by atoms with Crippen LogP contribution in [0.2, 0.25) is 0 Å². The molecule has 1 aliphatic carbocycles. The maximum absolute atomic E-state index is 13.8. The first kappa shape index (κ1) is 29.0. The van der Waals surface area contributed by atoms with Gasteiger partial charge in [0.15, 0.2) is 11.5 Å². The van der Waals surface area contributed by atoms with E-state index in [9.17, 15) is 29.0 Å². The molecule has 10 heteroatoms. The SMILES string of the molecule is CCC=CC(=O)N(CCc1cccc(F)c1)C1C=C(C(=O)NCCO)C2c3cc(C=O)cc(OC)c3OC2C1O. The predicted molar refractivity (Wildman–Crippen MR) is 145 cm³/mol. The van der Waals surface area contributed by atoms with Crippen molar-refractivity contribution in [3.8, 4) is 11.5 Å². The van der Waals surface area contributed by atoms with Crippen molar-refractivity contribution < 1.29 is 38.5 Å². The zero-order chi connectivity index (χ0) is 28.8. The summed E-state index contributed by atoms with van der Waals surface area (Å²) in [6.45, 7) is 1.72. The van der Waals surface area contributed by atoms with Crippen molar-refractivity contribution in [3.63, 3.8) is 0 Å². The zero-order valence-electron chi connectivity index (χ0n) is 22.4. The van der Waals surface area contributed by atoms with Crippen molar-refractivity contribution >= 4 is 18.1 Å². The van der Waals surface area contributed by atoms with Crippen LogP contribution in [0.3, 0.4) is 0 Å². The van der Waals surface area contributed by atoms with Crippen LogP contribution in [0.1, 0.15) is 40.7 Å². The summed E-state index contributed by atoms with van der Waals surface area (Å²) in [5.41, 5.74) is 1.70. The van der Waals surface area contributed by atoms with Crippen LogP contribution in [0.4, 0.5) is 4.39 Å². The van der Waals surface area contributed by atoms with E-state index in [2.05, 4.69) is 5.32 Å². The quantitative estimate of drug-likeness (QED) is 0.289. The maximum Gasteiger partial charge on any atom is 0.247 e. The Bertz CT molecular complexity index is 1330. The molecular weight excluding hydrogens is 519 g/mol. The van der Waals surface area contributed by atoms with Gasteiger partial charge in [-0.3, -0.25) is 14.4 Å². The van der Waals surface area contributed by atoms with Crippen LogP contribution in [0, 0.1) is 5.82 Å². The first-order valence-corrected chi connectivity index (χ1v) is 13.2. The van der Waals surface area contributed by atoms with Crippen LogP contribution < -0.4 is 14.8 Å². The molecule has 2 amide bonds. The highest BCUT2D eigenvalue weighted by Crippen LogP contribution is 2.51. The highest BCUT2D eigenvalue weighted by molar-refractivity contribution is 5.97. The van der Waals surface area contributed by atoms with Gasteiger partial charge >= 0.3 is 0 Å². The van der Waals surface area contributed by atoms with E-state index in [1.807, 2.05) is 6.92 Å². The van der Waals surface area contributed by atoms with Crippen LogP contribution in [0.25, 0.3) is 0 Å². The molecule has 4 unspecified atom stereocenters. The second-order valence-electron chi connectivity index (χ2n) is 9.62. The topological polar surface area (TPSA) is 125 Å².